The van der Waals surface area contributed by atoms with Crippen molar-refractivity contribution < 1.29 is 0 Å². The van der Waals surface area contributed by atoms with E-state index in [4.69, 9.17) is 29.9 Å². The molecular weight excluding hydrogens is 1290 g/mol. The lowest BCUT2D eigenvalue weighted by atomic mass is 9.67. The summed E-state index contributed by atoms with van der Waals surface area (Å²) >= 11 is 0. The molecule has 0 N–H and O–H groups in total. The van der Waals surface area contributed by atoms with Crippen molar-refractivity contribution in [3.8, 4) is 135 Å². The number of hydrogen-bond donors (Lipinski definition) is 0. The Morgan fingerprint density at radius 3 is 0.906 bits per heavy atom. The minimum Gasteiger partial charge on any atom is -0.208 e. The Balaban J connectivity index is 0.684. The average Bonchev–Trinajstić information content (AvgIpc) is 1.51. The second kappa shape index (κ2) is 24.4. The normalized spacial score (nSPS) is 14.0. The van der Waals surface area contributed by atoms with Crippen molar-refractivity contribution in [3.05, 3.63) is 421 Å². The van der Waals surface area contributed by atoms with Crippen LogP contribution < -0.4 is 0 Å². The van der Waals surface area contributed by atoms with Gasteiger partial charge in [-0.25, -0.2) is 29.9 Å². The zero-order chi connectivity index (χ0) is 69.9. The molecule has 0 saturated carbocycles. The molecule has 1 atom stereocenters. The van der Waals surface area contributed by atoms with Crippen LogP contribution in [0.5, 0.6) is 0 Å². The summed E-state index contributed by atoms with van der Waals surface area (Å²) in [7, 11) is 0. The summed E-state index contributed by atoms with van der Waals surface area (Å²) in [5.74, 6) is 3.66. The molecule has 0 aliphatic heterocycles. The number of benzene rings is 16. The molecule has 0 bridgehead atoms. The molecule has 0 fully saturated rings. The molecule has 3 aliphatic rings. The maximum absolute atomic E-state index is 5.52. The number of fused-ring (bicyclic) bond motifs is 15. The third-order valence-electron chi connectivity index (χ3n) is 22.3. The van der Waals surface area contributed by atoms with Gasteiger partial charge in [0.2, 0.25) is 0 Å². The average molecular weight is 1350 g/mol. The van der Waals surface area contributed by atoms with Crippen molar-refractivity contribution in [2.45, 2.75) is 10.8 Å². The van der Waals surface area contributed by atoms with Crippen LogP contribution in [0.3, 0.4) is 0 Å². The van der Waals surface area contributed by atoms with Gasteiger partial charge in [-0.3, -0.25) is 0 Å². The molecule has 0 radical (unpaired) electrons. The first-order chi connectivity index (χ1) is 52.6. The minimum atomic E-state index is -0.716. The summed E-state index contributed by atoms with van der Waals surface area (Å²) in [4.78, 5) is 31.8. The second-order valence-electron chi connectivity index (χ2n) is 27.8. The van der Waals surface area contributed by atoms with E-state index in [1.54, 1.807) is 0 Å². The van der Waals surface area contributed by atoms with Gasteiger partial charge in [-0.15, -0.1) is 0 Å². The third-order valence-corrected chi connectivity index (χ3v) is 22.3. The van der Waals surface area contributed by atoms with Crippen LogP contribution in [0.15, 0.2) is 376 Å². The SMILES string of the molecule is c1ccc(-c2nc(-c3ccccc3)nc(-c3ccc(-c4cccc5c4-c4ccccc4C5(c4ccccc4)c4cccc(-c5cccc(-c6nc(-c7ccccc7)nc(-c7ccc(-c8cccc9c8-c8ccccc8C98c9ccccc9-c9ccccc98)c8ccccc78)n6)c5)c4)c4ccccc34)n2)cc1. The van der Waals surface area contributed by atoms with Crippen molar-refractivity contribution in [2.24, 2.45) is 0 Å². The summed E-state index contributed by atoms with van der Waals surface area (Å²) in [5.41, 5.74) is 28.7. The fraction of sp³-hybridized carbons (Fsp3) is 0.0200. The maximum atomic E-state index is 5.52. The maximum Gasteiger partial charge on any atom is 0.164 e. The van der Waals surface area contributed by atoms with Crippen LogP contribution in [0.2, 0.25) is 0 Å². The predicted molar refractivity (Wildman–Crippen MR) is 431 cm³/mol. The summed E-state index contributed by atoms with van der Waals surface area (Å²) in [6.07, 6.45) is 0. The second-order valence-corrected chi connectivity index (χ2v) is 27.8. The molecule has 1 unspecified atom stereocenters. The predicted octanol–water partition coefficient (Wildman–Crippen LogP) is 24.1. The molecular formula is C100H62N6. The van der Waals surface area contributed by atoms with Crippen LogP contribution in [0.25, 0.3) is 157 Å². The first kappa shape index (κ1) is 60.8. The van der Waals surface area contributed by atoms with E-state index in [2.05, 4.69) is 322 Å². The van der Waals surface area contributed by atoms with Gasteiger partial charge in [0.25, 0.3) is 0 Å². The van der Waals surface area contributed by atoms with Gasteiger partial charge in [0.15, 0.2) is 34.9 Å². The van der Waals surface area contributed by atoms with Gasteiger partial charge in [0, 0.05) is 33.4 Å². The Labute approximate surface area is 614 Å². The van der Waals surface area contributed by atoms with E-state index >= 15 is 0 Å². The Kier molecular flexibility index (Phi) is 14.0. The van der Waals surface area contributed by atoms with Crippen molar-refractivity contribution in [1.82, 2.24) is 29.9 Å². The highest BCUT2D eigenvalue weighted by atomic mass is 15.0. The molecule has 2 heterocycles. The lowest BCUT2D eigenvalue weighted by molar-refractivity contribution is 0.769. The third kappa shape index (κ3) is 9.24. The smallest absolute Gasteiger partial charge is 0.164 e. The van der Waals surface area contributed by atoms with E-state index < -0.39 is 10.8 Å². The highest BCUT2D eigenvalue weighted by Gasteiger charge is 2.52. The Bertz CT molecular complexity index is 6490. The number of hydrogen-bond acceptors (Lipinski definition) is 6. The number of nitrogens with zero attached hydrogens (tertiary/aromatic N) is 6. The van der Waals surface area contributed by atoms with Crippen LogP contribution in [-0.4, -0.2) is 29.9 Å². The molecule has 21 rings (SSSR count). The lowest BCUT2D eigenvalue weighted by Gasteiger charge is -2.34. The van der Waals surface area contributed by atoms with Crippen molar-refractivity contribution in [3.63, 3.8) is 0 Å². The quantitative estimate of drug-likeness (QED) is 0.128. The molecule has 6 heteroatoms. The molecule has 18 aromatic rings. The zero-order valence-corrected chi connectivity index (χ0v) is 57.5. The molecule has 16 aromatic carbocycles. The van der Waals surface area contributed by atoms with Gasteiger partial charge in [0.1, 0.15) is 0 Å². The van der Waals surface area contributed by atoms with E-state index in [1.165, 1.54) is 77.9 Å². The molecule has 0 amide bonds. The van der Waals surface area contributed by atoms with Gasteiger partial charge in [-0.05, 0) is 157 Å². The molecule has 106 heavy (non-hydrogen) atoms. The molecule has 6 nitrogen and oxygen atoms in total. The minimum absolute atomic E-state index is 0.459. The van der Waals surface area contributed by atoms with Crippen LogP contribution in [-0.2, 0) is 10.8 Å². The van der Waals surface area contributed by atoms with Crippen molar-refractivity contribution in [2.75, 3.05) is 0 Å². The van der Waals surface area contributed by atoms with Gasteiger partial charge in [0.05, 0.1) is 10.8 Å². The molecule has 2 aromatic heterocycles. The first-order valence-corrected chi connectivity index (χ1v) is 36.2. The van der Waals surface area contributed by atoms with E-state index in [1.807, 2.05) is 54.6 Å². The van der Waals surface area contributed by atoms with Gasteiger partial charge >= 0.3 is 0 Å². The van der Waals surface area contributed by atoms with Gasteiger partial charge in [-0.1, -0.05) is 352 Å². The number of rotatable bonds is 11. The summed E-state index contributed by atoms with van der Waals surface area (Å²) in [6.45, 7) is 0. The van der Waals surface area contributed by atoms with E-state index in [0.717, 1.165) is 88.3 Å². The van der Waals surface area contributed by atoms with Crippen LogP contribution >= 0.6 is 0 Å². The largest absolute Gasteiger partial charge is 0.208 e. The Morgan fingerprint density at radius 2 is 0.434 bits per heavy atom. The van der Waals surface area contributed by atoms with Crippen LogP contribution in [0.4, 0.5) is 0 Å². The van der Waals surface area contributed by atoms with Crippen molar-refractivity contribution >= 4 is 21.5 Å². The van der Waals surface area contributed by atoms with E-state index in [-0.39, 0.29) is 0 Å². The monoisotopic (exact) mass is 1350 g/mol. The van der Waals surface area contributed by atoms with Crippen LogP contribution in [0, 0.1) is 0 Å². The molecule has 0 saturated heterocycles. The highest BCUT2D eigenvalue weighted by molar-refractivity contribution is 6.11. The van der Waals surface area contributed by atoms with Crippen molar-refractivity contribution in [1.29, 1.82) is 0 Å². The van der Waals surface area contributed by atoms with E-state index in [9.17, 15) is 0 Å². The first-order valence-electron chi connectivity index (χ1n) is 36.2. The Hall–Kier alpha value is -13.9. The standard InChI is InChI=1S/C100H62N6/c1-5-29-63(30-6-1)93-101-94(64-31-7-2-8-32-64)104-97(103-93)81-59-57-75(71-41-13-15-43-73(71)81)79-49-27-55-89-91(79)83-47-19-23-53-87(83)99(89,69-38-11-4-12-39-69)70-40-26-36-67(62-70)66-35-25-37-68(61-66)96-102-95(65-33-9-3-10-34-65)105-98(106-96)82-60-58-76(72-42-14-16-44-74(72)82)80-50-28-56-90-92(80)84-48-20-24-54-88(84)100(90)85-51-21-17-45-77(85)78-46-18-22-52-86(78)100/h1-62H. The summed E-state index contributed by atoms with van der Waals surface area (Å²) in [6, 6.07) is 136. The Morgan fingerprint density at radius 1 is 0.151 bits per heavy atom. The summed E-state index contributed by atoms with van der Waals surface area (Å²) in [5, 5.41) is 4.34. The summed E-state index contributed by atoms with van der Waals surface area (Å²) < 4.78 is 0. The fourth-order valence-electron chi connectivity index (χ4n) is 17.9. The number of aromatic nitrogens is 6. The van der Waals surface area contributed by atoms with E-state index in [0.29, 0.717) is 34.9 Å². The molecule has 492 valence electrons. The fourth-order valence-corrected chi connectivity index (χ4v) is 17.9. The highest BCUT2D eigenvalue weighted by Crippen LogP contribution is 2.65. The lowest BCUT2D eigenvalue weighted by Crippen LogP contribution is -2.28. The van der Waals surface area contributed by atoms with Gasteiger partial charge < -0.3 is 0 Å². The van der Waals surface area contributed by atoms with Crippen LogP contribution in [0.1, 0.15) is 44.5 Å². The van der Waals surface area contributed by atoms with Gasteiger partial charge in [-0.2, -0.15) is 0 Å². The zero-order valence-electron chi connectivity index (χ0n) is 57.5. The topological polar surface area (TPSA) is 77.3 Å². The molecule has 3 aliphatic carbocycles. The molecule has 1 spiro atoms.